The van der Waals surface area contributed by atoms with Crippen molar-refractivity contribution in [3.63, 3.8) is 0 Å². The van der Waals surface area contributed by atoms with E-state index >= 15 is 0 Å². The fourth-order valence-electron chi connectivity index (χ4n) is 2.93. The van der Waals surface area contributed by atoms with Crippen molar-refractivity contribution in [3.05, 3.63) is 21.0 Å². The molecule has 6 heteroatoms. The third-order valence-corrected chi connectivity index (χ3v) is 5.09. The zero-order valence-corrected chi connectivity index (χ0v) is 14.5. The standard InChI is InChI=1S/C15H24BrN3O2/c1-4-10(5-2)13-8-11(6-7-21-13)18-12-9-17-19(3)15(20)14(12)16/h9-11,13,18H,4-8H2,1-3H3. The lowest BCUT2D eigenvalue weighted by molar-refractivity contribution is -0.0271. The molecule has 0 bridgehead atoms. The molecule has 1 aromatic heterocycles. The maximum atomic E-state index is 11.9. The topological polar surface area (TPSA) is 56.2 Å². The van der Waals surface area contributed by atoms with Crippen molar-refractivity contribution in [2.45, 2.75) is 51.7 Å². The molecule has 1 aromatic rings. The van der Waals surface area contributed by atoms with Gasteiger partial charge in [0.1, 0.15) is 4.47 Å². The highest BCUT2D eigenvalue weighted by atomic mass is 79.9. The molecule has 0 aromatic carbocycles. The second-order valence-electron chi connectivity index (χ2n) is 5.65. The first-order valence-electron chi connectivity index (χ1n) is 7.66. The summed E-state index contributed by atoms with van der Waals surface area (Å²) in [6.07, 6.45) is 6.24. The molecule has 0 aliphatic carbocycles. The van der Waals surface area contributed by atoms with Gasteiger partial charge in [-0.15, -0.1) is 0 Å². The number of nitrogens with zero attached hydrogens (tertiary/aromatic N) is 2. The molecule has 0 radical (unpaired) electrons. The molecular formula is C15H24BrN3O2. The van der Waals surface area contributed by atoms with E-state index in [9.17, 15) is 4.79 Å². The molecule has 1 saturated heterocycles. The fourth-order valence-corrected chi connectivity index (χ4v) is 3.41. The smallest absolute Gasteiger partial charge is 0.282 e. The summed E-state index contributed by atoms with van der Waals surface area (Å²) < 4.78 is 7.80. The quantitative estimate of drug-likeness (QED) is 0.879. The van der Waals surface area contributed by atoms with E-state index in [2.05, 4.69) is 40.2 Å². The number of anilines is 1. The number of rotatable bonds is 5. The van der Waals surface area contributed by atoms with Gasteiger partial charge in [-0.3, -0.25) is 4.79 Å². The first kappa shape index (κ1) is 16.5. The summed E-state index contributed by atoms with van der Waals surface area (Å²) in [6, 6.07) is 0.328. The molecule has 2 atom stereocenters. The van der Waals surface area contributed by atoms with Crippen LogP contribution in [0.1, 0.15) is 39.5 Å². The van der Waals surface area contributed by atoms with Crippen LogP contribution in [-0.4, -0.2) is 28.5 Å². The molecule has 1 N–H and O–H groups in total. The van der Waals surface area contributed by atoms with Gasteiger partial charge in [-0.1, -0.05) is 26.7 Å². The average molecular weight is 358 g/mol. The molecule has 118 valence electrons. The van der Waals surface area contributed by atoms with Crippen LogP contribution in [0.15, 0.2) is 15.5 Å². The van der Waals surface area contributed by atoms with Crippen molar-refractivity contribution in [2.75, 3.05) is 11.9 Å². The normalized spacial score (nSPS) is 22.5. The number of halogens is 1. The lowest BCUT2D eigenvalue weighted by Crippen LogP contribution is -2.38. The van der Waals surface area contributed by atoms with Gasteiger partial charge in [0.15, 0.2) is 0 Å². The van der Waals surface area contributed by atoms with Crippen LogP contribution in [0.2, 0.25) is 0 Å². The maximum absolute atomic E-state index is 11.9. The molecule has 0 amide bonds. The number of nitrogens with one attached hydrogen (secondary N) is 1. The molecule has 5 nitrogen and oxygen atoms in total. The highest BCUT2D eigenvalue weighted by molar-refractivity contribution is 9.10. The van der Waals surface area contributed by atoms with Gasteiger partial charge in [0.2, 0.25) is 0 Å². The second kappa shape index (κ2) is 7.40. The molecule has 2 heterocycles. The molecule has 1 aliphatic heterocycles. The van der Waals surface area contributed by atoms with E-state index in [-0.39, 0.29) is 5.56 Å². The van der Waals surface area contributed by atoms with Gasteiger partial charge < -0.3 is 10.1 Å². The molecule has 0 saturated carbocycles. The number of hydrogen-bond acceptors (Lipinski definition) is 4. The number of hydrogen-bond donors (Lipinski definition) is 1. The Bertz CT molecular complexity index is 528. The van der Waals surface area contributed by atoms with Crippen LogP contribution >= 0.6 is 15.9 Å². The van der Waals surface area contributed by atoms with Crippen LogP contribution in [0.4, 0.5) is 5.69 Å². The summed E-state index contributed by atoms with van der Waals surface area (Å²) >= 11 is 3.36. The third kappa shape index (κ3) is 3.86. The van der Waals surface area contributed by atoms with E-state index in [1.165, 1.54) is 4.68 Å². The van der Waals surface area contributed by atoms with Crippen LogP contribution in [0, 0.1) is 5.92 Å². The van der Waals surface area contributed by atoms with Crippen LogP contribution in [0.3, 0.4) is 0 Å². The summed E-state index contributed by atoms with van der Waals surface area (Å²) in [5.41, 5.74) is 0.650. The van der Waals surface area contributed by atoms with Crippen molar-refractivity contribution in [2.24, 2.45) is 13.0 Å². The first-order valence-corrected chi connectivity index (χ1v) is 8.46. The second-order valence-corrected chi connectivity index (χ2v) is 6.45. The van der Waals surface area contributed by atoms with Gasteiger partial charge in [-0.05, 0) is 34.7 Å². The van der Waals surface area contributed by atoms with Crippen molar-refractivity contribution in [3.8, 4) is 0 Å². The Balaban J connectivity index is 2.06. The van der Waals surface area contributed by atoms with Gasteiger partial charge in [0.25, 0.3) is 5.56 Å². The molecular weight excluding hydrogens is 334 g/mol. The van der Waals surface area contributed by atoms with E-state index in [1.807, 2.05) is 0 Å². The van der Waals surface area contributed by atoms with E-state index in [1.54, 1.807) is 13.2 Å². The van der Waals surface area contributed by atoms with Gasteiger partial charge in [0, 0.05) is 19.7 Å². The molecule has 2 rings (SSSR count). The fraction of sp³-hybridized carbons (Fsp3) is 0.733. The van der Waals surface area contributed by atoms with Gasteiger partial charge in [0.05, 0.1) is 18.0 Å². The Morgan fingerprint density at radius 3 is 2.90 bits per heavy atom. The minimum Gasteiger partial charge on any atom is -0.380 e. The summed E-state index contributed by atoms with van der Waals surface area (Å²) in [6.45, 7) is 5.21. The minimum atomic E-state index is -0.122. The minimum absolute atomic E-state index is 0.122. The Hall–Kier alpha value is -0.880. The van der Waals surface area contributed by atoms with Crippen molar-refractivity contribution in [1.82, 2.24) is 9.78 Å². The monoisotopic (exact) mass is 357 g/mol. The van der Waals surface area contributed by atoms with Crippen LogP contribution in [-0.2, 0) is 11.8 Å². The number of ether oxygens (including phenoxy) is 1. The lowest BCUT2D eigenvalue weighted by Gasteiger charge is -2.35. The van der Waals surface area contributed by atoms with E-state index in [0.717, 1.165) is 38.0 Å². The van der Waals surface area contributed by atoms with Gasteiger partial charge >= 0.3 is 0 Å². The zero-order chi connectivity index (χ0) is 15.4. The van der Waals surface area contributed by atoms with Crippen LogP contribution in [0.5, 0.6) is 0 Å². The predicted molar refractivity (Wildman–Crippen MR) is 87.6 cm³/mol. The highest BCUT2D eigenvalue weighted by Crippen LogP contribution is 2.28. The molecule has 1 fully saturated rings. The van der Waals surface area contributed by atoms with Gasteiger partial charge in [-0.25, -0.2) is 4.68 Å². The Morgan fingerprint density at radius 2 is 2.24 bits per heavy atom. The lowest BCUT2D eigenvalue weighted by atomic mass is 9.89. The van der Waals surface area contributed by atoms with Gasteiger partial charge in [-0.2, -0.15) is 5.10 Å². The summed E-state index contributed by atoms with van der Waals surface area (Å²) in [5, 5.41) is 7.52. The number of aromatic nitrogens is 2. The SMILES string of the molecule is CCC(CC)C1CC(Nc2cnn(C)c(=O)c2Br)CCO1. The maximum Gasteiger partial charge on any atom is 0.282 e. The van der Waals surface area contributed by atoms with E-state index in [0.29, 0.717) is 22.5 Å². The summed E-state index contributed by atoms with van der Waals surface area (Å²) in [7, 11) is 1.65. The summed E-state index contributed by atoms with van der Waals surface area (Å²) in [5.74, 6) is 0.611. The van der Waals surface area contributed by atoms with Crippen LogP contribution in [0.25, 0.3) is 0 Å². The number of aryl methyl sites for hydroxylation is 1. The molecule has 21 heavy (non-hydrogen) atoms. The average Bonchev–Trinajstić information content (AvgIpc) is 2.50. The third-order valence-electron chi connectivity index (χ3n) is 4.33. The zero-order valence-electron chi connectivity index (χ0n) is 12.9. The largest absolute Gasteiger partial charge is 0.380 e. The van der Waals surface area contributed by atoms with E-state index in [4.69, 9.17) is 4.74 Å². The molecule has 2 unspecified atom stereocenters. The Kier molecular flexibility index (Phi) is 5.81. The molecule has 1 aliphatic rings. The van der Waals surface area contributed by atoms with E-state index < -0.39 is 0 Å². The Labute approximate surface area is 134 Å². The summed E-state index contributed by atoms with van der Waals surface area (Å²) in [4.78, 5) is 11.9. The van der Waals surface area contributed by atoms with Crippen molar-refractivity contribution < 1.29 is 4.74 Å². The van der Waals surface area contributed by atoms with Crippen molar-refractivity contribution in [1.29, 1.82) is 0 Å². The predicted octanol–water partition coefficient (Wildman–Crippen LogP) is 2.94. The Morgan fingerprint density at radius 1 is 1.52 bits per heavy atom. The first-order chi connectivity index (χ1) is 10.1. The van der Waals surface area contributed by atoms with Crippen LogP contribution < -0.4 is 10.9 Å². The molecule has 0 spiro atoms. The highest BCUT2D eigenvalue weighted by Gasteiger charge is 2.28. The van der Waals surface area contributed by atoms with Crippen molar-refractivity contribution >= 4 is 21.6 Å².